The molecule has 1 amide bonds. The number of methoxy groups -OCH3 is 1. The molecule has 0 aromatic heterocycles. The summed E-state index contributed by atoms with van der Waals surface area (Å²) in [6, 6.07) is 6.91. The van der Waals surface area contributed by atoms with Crippen LogP contribution in [0.1, 0.15) is 43.6 Å². The summed E-state index contributed by atoms with van der Waals surface area (Å²) in [6.45, 7) is 7.70. The number of hydrogen-bond acceptors (Lipinski definition) is 4. The van der Waals surface area contributed by atoms with E-state index in [0.29, 0.717) is 12.1 Å². The highest BCUT2D eigenvalue weighted by atomic mass is 16.5. The zero-order chi connectivity index (χ0) is 16.3. The molecule has 21 heavy (non-hydrogen) atoms. The smallest absolute Gasteiger partial charge is 0.337 e. The van der Waals surface area contributed by atoms with Gasteiger partial charge in [0.2, 0.25) is 5.91 Å². The average Bonchev–Trinajstić information content (AvgIpc) is 2.43. The van der Waals surface area contributed by atoms with Crippen LogP contribution in [-0.2, 0) is 16.1 Å². The maximum absolute atomic E-state index is 12.2. The van der Waals surface area contributed by atoms with Gasteiger partial charge in [-0.25, -0.2) is 4.79 Å². The third-order valence-electron chi connectivity index (χ3n) is 4.01. The van der Waals surface area contributed by atoms with Crippen LogP contribution < -0.4 is 11.1 Å². The van der Waals surface area contributed by atoms with Crippen molar-refractivity contribution in [3.63, 3.8) is 0 Å². The summed E-state index contributed by atoms with van der Waals surface area (Å²) < 4.78 is 4.63. The lowest BCUT2D eigenvalue weighted by atomic mass is 9.74. The fourth-order valence-electron chi connectivity index (χ4n) is 1.57. The third kappa shape index (κ3) is 4.04. The Morgan fingerprint density at radius 2 is 1.67 bits per heavy atom. The Morgan fingerprint density at radius 1 is 1.14 bits per heavy atom. The number of carbonyl (C=O) groups excluding carboxylic acids is 2. The fraction of sp³-hybridized carbons (Fsp3) is 0.500. The predicted molar refractivity (Wildman–Crippen MR) is 81.7 cm³/mol. The first kappa shape index (κ1) is 17.2. The van der Waals surface area contributed by atoms with E-state index in [1.165, 1.54) is 7.11 Å². The minimum absolute atomic E-state index is 0.105. The Labute approximate surface area is 125 Å². The molecule has 0 aliphatic carbocycles. The molecule has 1 aromatic rings. The summed E-state index contributed by atoms with van der Waals surface area (Å²) in [5.74, 6) is -0.483. The van der Waals surface area contributed by atoms with Gasteiger partial charge in [0.25, 0.3) is 0 Å². The van der Waals surface area contributed by atoms with Crippen molar-refractivity contribution in [3.8, 4) is 0 Å². The number of ether oxygens (including phenoxy) is 1. The number of carbonyl (C=O) groups is 2. The molecule has 3 N–H and O–H groups in total. The minimum Gasteiger partial charge on any atom is -0.465 e. The van der Waals surface area contributed by atoms with E-state index in [9.17, 15) is 9.59 Å². The third-order valence-corrected chi connectivity index (χ3v) is 4.01. The second kappa shape index (κ2) is 6.26. The van der Waals surface area contributed by atoms with Crippen LogP contribution in [-0.4, -0.2) is 24.5 Å². The summed E-state index contributed by atoms with van der Waals surface area (Å²) in [6.07, 6.45) is 0. The number of benzene rings is 1. The maximum atomic E-state index is 12.2. The summed E-state index contributed by atoms with van der Waals surface area (Å²) in [5, 5.41) is 2.87. The van der Waals surface area contributed by atoms with E-state index < -0.39 is 11.0 Å². The molecule has 0 saturated heterocycles. The van der Waals surface area contributed by atoms with Gasteiger partial charge in [0, 0.05) is 12.1 Å². The van der Waals surface area contributed by atoms with Crippen molar-refractivity contribution in [1.82, 2.24) is 5.32 Å². The molecule has 5 heteroatoms. The second-order valence-corrected chi connectivity index (χ2v) is 6.22. The molecule has 0 saturated carbocycles. The van der Waals surface area contributed by atoms with Gasteiger partial charge in [-0.05, 0) is 45.4 Å². The van der Waals surface area contributed by atoms with E-state index in [2.05, 4.69) is 10.1 Å². The summed E-state index contributed by atoms with van der Waals surface area (Å²) in [4.78, 5) is 23.6. The Kier molecular flexibility index (Phi) is 5.12. The highest BCUT2D eigenvalue weighted by Crippen LogP contribution is 2.28. The monoisotopic (exact) mass is 292 g/mol. The molecule has 5 nitrogen and oxygen atoms in total. The number of rotatable bonds is 5. The van der Waals surface area contributed by atoms with Crippen LogP contribution >= 0.6 is 0 Å². The normalized spacial score (nSPS) is 11.9. The van der Waals surface area contributed by atoms with Crippen LogP contribution in [0.2, 0.25) is 0 Å². The largest absolute Gasteiger partial charge is 0.465 e. The minimum atomic E-state index is -0.682. The molecule has 1 rings (SSSR count). The summed E-state index contributed by atoms with van der Waals surface area (Å²) >= 11 is 0. The van der Waals surface area contributed by atoms with E-state index in [1.54, 1.807) is 24.3 Å². The lowest BCUT2D eigenvalue weighted by Gasteiger charge is -2.36. The zero-order valence-corrected chi connectivity index (χ0v) is 13.3. The molecule has 1 aromatic carbocycles. The van der Waals surface area contributed by atoms with Crippen LogP contribution in [0.4, 0.5) is 0 Å². The van der Waals surface area contributed by atoms with Gasteiger partial charge in [-0.1, -0.05) is 12.1 Å². The number of hydrogen-bond donors (Lipinski definition) is 2. The summed E-state index contributed by atoms with van der Waals surface area (Å²) in [7, 11) is 1.34. The van der Waals surface area contributed by atoms with Crippen molar-refractivity contribution in [2.75, 3.05) is 7.11 Å². The summed E-state index contributed by atoms with van der Waals surface area (Å²) in [5.41, 5.74) is 6.13. The SMILES string of the molecule is COC(=O)c1ccc(CNC(=O)C(C)(C)C(C)(C)N)cc1. The van der Waals surface area contributed by atoms with Gasteiger partial charge in [-0.2, -0.15) is 0 Å². The Hall–Kier alpha value is -1.88. The first-order valence-electron chi connectivity index (χ1n) is 6.84. The van der Waals surface area contributed by atoms with Crippen LogP contribution in [0.3, 0.4) is 0 Å². The molecule has 0 atom stereocenters. The number of esters is 1. The molecule has 0 spiro atoms. The first-order valence-corrected chi connectivity index (χ1v) is 6.84. The fourth-order valence-corrected chi connectivity index (χ4v) is 1.57. The maximum Gasteiger partial charge on any atom is 0.337 e. The quantitative estimate of drug-likeness (QED) is 0.812. The second-order valence-electron chi connectivity index (χ2n) is 6.22. The molecular formula is C16H24N2O3. The van der Waals surface area contributed by atoms with Crippen molar-refractivity contribution in [1.29, 1.82) is 0 Å². The Balaban J connectivity index is 2.68. The van der Waals surface area contributed by atoms with Crippen molar-refractivity contribution < 1.29 is 14.3 Å². The Bertz CT molecular complexity index is 513. The van der Waals surface area contributed by atoms with Gasteiger partial charge in [-0.15, -0.1) is 0 Å². The molecule has 0 radical (unpaired) electrons. The lowest BCUT2D eigenvalue weighted by molar-refractivity contribution is -0.132. The predicted octanol–water partition coefficient (Wildman–Crippen LogP) is 1.85. The first-order chi connectivity index (χ1) is 9.59. The van der Waals surface area contributed by atoms with Gasteiger partial charge in [-0.3, -0.25) is 4.79 Å². The van der Waals surface area contributed by atoms with E-state index >= 15 is 0 Å². The molecule has 0 aliphatic heterocycles. The number of nitrogens with one attached hydrogen (secondary N) is 1. The number of amides is 1. The Morgan fingerprint density at radius 3 is 2.10 bits per heavy atom. The molecular weight excluding hydrogens is 268 g/mol. The van der Waals surface area contributed by atoms with Crippen molar-refractivity contribution in [2.45, 2.75) is 39.8 Å². The molecule has 0 bridgehead atoms. The van der Waals surface area contributed by atoms with E-state index in [-0.39, 0.29) is 11.9 Å². The molecule has 0 fully saturated rings. The molecule has 0 unspecified atom stereocenters. The van der Waals surface area contributed by atoms with Crippen LogP contribution in [0, 0.1) is 5.41 Å². The number of nitrogens with two attached hydrogens (primary N) is 1. The van der Waals surface area contributed by atoms with E-state index in [1.807, 2.05) is 27.7 Å². The van der Waals surface area contributed by atoms with Gasteiger partial charge in [0.1, 0.15) is 0 Å². The van der Waals surface area contributed by atoms with Crippen molar-refractivity contribution in [3.05, 3.63) is 35.4 Å². The highest BCUT2D eigenvalue weighted by molar-refractivity contribution is 5.89. The van der Waals surface area contributed by atoms with Crippen molar-refractivity contribution in [2.24, 2.45) is 11.1 Å². The lowest BCUT2D eigenvalue weighted by Crippen LogP contribution is -2.55. The van der Waals surface area contributed by atoms with E-state index in [4.69, 9.17) is 5.73 Å². The van der Waals surface area contributed by atoms with Crippen LogP contribution in [0.15, 0.2) is 24.3 Å². The molecule has 0 aliphatic rings. The molecule has 116 valence electrons. The van der Waals surface area contributed by atoms with Crippen LogP contribution in [0.5, 0.6) is 0 Å². The van der Waals surface area contributed by atoms with Gasteiger partial charge in [0.15, 0.2) is 0 Å². The average molecular weight is 292 g/mol. The van der Waals surface area contributed by atoms with Gasteiger partial charge >= 0.3 is 5.97 Å². The standard InChI is InChI=1S/C16H24N2O3/c1-15(2,16(3,4)17)14(20)18-10-11-6-8-12(9-7-11)13(19)21-5/h6-9H,10,17H2,1-5H3,(H,18,20). The zero-order valence-electron chi connectivity index (χ0n) is 13.3. The topological polar surface area (TPSA) is 81.4 Å². The van der Waals surface area contributed by atoms with E-state index in [0.717, 1.165) is 5.56 Å². The van der Waals surface area contributed by atoms with Gasteiger partial charge in [0.05, 0.1) is 18.1 Å². The van der Waals surface area contributed by atoms with Crippen LogP contribution in [0.25, 0.3) is 0 Å². The van der Waals surface area contributed by atoms with Crippen molar-refractivity contribution >= 4 is 11.9 Å². The highest BCUT2D eigenvalue weighted by Gasteiger charge is 2.40. The van der Waals surface area contributed by atoms with Gasteiger partial charge < -0.3 is 15.8 Å². The molecule has 0 heterocycles.